The molecule has 3 N–H and O–H groups in total. The van der Waals surface area contributed by atoms with E-state index in [-0.39, 0.29) is 60.0 Å². The molecule has 54 heavy (non-hydrogen) atoms. The van der Waals surface area contributed by atoms with Crippen LogP contribution in [0.3, 0.4) is 0 Å². The van der Waals surface area contributed by atoms with Gasteiger partial charge >= 0.3 is 0 Å². The van der Waals surface area contributed by atoms with Crippen LogP contribution in [0, 0.1) is 17.8 Å². The molecule has 300 valence electrons. The van der Waals surface area contributed by atoms with E-state index in [0.717, 1.165) is 36.4 Å². The Balaban J connectivity index is 1.48. The van der Waals surface area contributed by atoms with Crippen molar-refractivity contribution >= 4 is 35.0 Å². The summed E-state index contributed by atoms with van der Waals surface area (Å²) in [7, 11) is 5.12. The molecule has 1 aromatic carbocycles. The number of ether oxygens (including phenoxy) is 2. The van der Waals surface area contributed by atoms with Gasteiger partial charge in [0.15, 0.2) is 0 Å². The maximum absolute atomic E-state index is 14.3. The lowest BCUT2D eigenvalue weighted by Crippen LogP contribution is -2.61. The third-order valence-corrected chi connectivity index (χ3v) is 12.6. The van der Waals surface area contributed by atoms with Crippen molar-refractivity contribution in [2.45, 2.75) is 128 Å². The second kappa shape index (κ2) is 20.1. The minimum Gasteiger partial charge on any atom is -0.379 e. The van der Waals surface area contributed by atoms with E-state index < -0.39 is 29.7 Å². The van der Waals surface area contributed by atoms with Gasteiger partial charge in [-0.3, -0.25) is 29.4 Å². The number of benzene rings is 1. The first kappa shape index (κ1) is 43.5. The number of methoxy groups -OCH3 is 2. The van der Waals surface area contributed by atoms with Gasteiger partial charge < -0.3 is 25.0 Å². The zero-order chi connectivity index (χ0) is 39.6. The Labute approximate surface area is 326 Å². The summed E-state index contributed by atoms with van der Waals surface area (Å²) in [6, 6.07) is 8.52. The normalized spacial score (nSPS) is 22.7. The molecular formula is C41H64N6O6S. The summed E-state index contributed by atoms with van der Waals surface area (Å²) in [4.78, 5) is 63.6. The number of carbonyl (C=O) groups is 4. The molecule has 4 amide bonds. The number of amides is 4. The number of carbonyl (C=O) groups excluding carboxylic acids is 4. The van der Waals surface area contributed by atoms with Crippen molar-refractivity contribution in [2.75, 3.05) is 34.4 Å². The predicted molar refractivity (Wildman–Crippen MR) is 212 cm³/mol. The number of rotatable bonds is 19. The van der Waals surface area contributed by atoms with Crippen LogP contribution in [0.15, 0.2) is 41.9 Å². The molecule has 0 bridgehead atoms. The van der Waals surface area contributed by atoms with Crippen LogP contribution >= 0.6 is 11.3 Å². The molecular weight excluding hydrogens is 705 g/mol. The topological polar surface area (TPSA) is 142 Å². The van der Waals surface area contributed by atoms with Gasteiger partial charge in [-0.1, -0.05) is 71.4 Å². The highest BCUT2D eigenvalue weighted by atomic mass is 32.1. The summed E-state index contributed by atoms with van der Waals surface area (Å²) in [5.41, 5.74) is 0.323. The maximum atomic E-state index is 14.3. The molecule has 0 aliphatic carbocycles. The molecule has 2 saturated heterocycles. The number of likely N-dealkylation sites (N-methyl/N-ethyl adjacent to an activating group) is 1. The van der Waals surface area contributed by atoms with Crippen molar-refractivity contribution in [3.63, 3.8) is 0 Å². The Morgan fingerprint density at radius 2 is 1.80 bits per heavy atom. The molecule has 0 saturated carbocycles. The summed E-state index contributed by atoms with van der Waals surface area (Å²) in [5, 5.41) is 11.9. The second-order valence-electron chi connectivity index (χ2n) is 15.8. The molecule has 12 nitrogen and oxygen atoms in total. The van der Waals surface area contributed by atoms with Gasteiger partial charge in [-0.15, -0.1) is 11.3 Å². The summed E-state index contributed by atoms with van der Waals surface area (Å²) >= 11 is 1.51. The molecule has 3 heterocycles. The molecule has 0 spiro atoms. The Morgan fingerprint density at radius 1 is 1.07 bits per heavy atom. The van der Waals surface area contributed by atoms with Crippen LogP contribution in [0.2, 0.25) is 0 Å². The van der Waals surface area contributed by atoms with Gasteiger partial charge in [-0.05, 0) is 70.0 Å². The first-order valence-corrected chi connectivity index (χ1v) is 20.5. The van der Waals surface area contributed by atoms with Gasteiger partial charge in [0.2, 0.25) is 23.6 Å². The largest absolute Gasteiger partial charge is 0.379 e. The van der Waals surface area contributed by atoms with E-state index in [2.05, 4.69) is 34.8 Å². The average molecular weight is 769 g/mol. The van der Waals surface area contributed by atoms with Gasteiger partial charge in [-0.25, -0.2) is 4.98 Å². The van der Waals surface area contributed by atoms with Gasteiger partial charge in [0.1, 0.15) is 5.01 Å². The summed E-state index contributed by atoms with van der Waals surface area (Å²) < 4.78 is 12.1. The number of aromatic nitrogens is 1. The Hall–Kier alpha value is -3.23. The zero-order valence-corrected chi connectivity index (χ0v) is 34.6. The number of nitrogens with one attached hydrogen (secondary N) is 3. The molecule has 1 aromatic heterocycles. The monoisotopic (exact) mass is 768 g/mol. The van der Waals surface area contributed by atoms with E-state index in [9.17, 15) is 19.2 Å². The Morgan fingerprint density at radius 3 is 2.37 bits per heavy atom. The Bertz CT molecular complexity index is 1500. The fourth-order valence-electron chi connectivity index (χ4n) is 8.51. The van der Waals surface area contributed by atoms with Gasteiger partial charge in [0, 0.05) is 38.4 Å². The molecule has 2 fully saturated rings. The lowest BCUT2D eigenvalue weighted by atomic mass is 9.87. The van der Waals surface area contributed by atoms with Gasteiger partial charge in [0.25, 0.3) is 0 Å². The highest BCUT2D eigenvalue weighted by Gasteiger charge is 2.44. The SMILES string of the molecule is CC[C@H](C)[C@@H]([C@@H](CC(=O)N1CCC[C@H]1[C@H](OC)[C@@H](C)C(=O)N[C@@H](Cc1ccccc1)c1nccs1)OC)N(C)[C@H](C(=O)NC(=O)[C@]1(C)CCCN1)C(C)C. The van der Waals surface area contributed by atoms with Crippen LogP contribution in [-0.4, -0.2) is 109 Å². The molecule has 0 radical (unpaired) electrons. The van der Waals surface area contributed by atoms with Crippen LogP contribution in [0.5, 0.6) is 0 Å². The maximum Gasteiger partial charge on any atom is 0.246 e. The van der Waals surface area contributed by atoms with E-state index in [0.29, 0.717) is 25.8 Å². The molecule has 9 atom stereocenters. The van der Waals surface area contributed by atoms with Crippen LogP contribution in [0.4, 0.5) is 0 Å². The van der Waals surface area contributed by atoms with Crippen molar-refractivity contribution < 1.29 is 28.7 Å². The third-order valence-electron chi connectivity index (χ3n) is 11.7. The van der Waals surface area contributed by atoms with E-state index >= 15 is 0 Å². The molecule has 0 unspecified atom stereocenters. The minimum atomic E-state index is -0.775. The Kier molecular flexibility index (Phi) is 16.2. The fraction of sp³-hybridized carbons (Fsp3) is 0.683. The number of nitrogens with zero attached hydrogens (tertiary/aromatic N) is 3. The zero-order valence-electron chi connectivity index (χ0n) is 33.8. The summed E-state index contributed by atoms with van der Waals surface area (Å²) in [5.74, 6) is -1.48. The fourth-order valence-corrected chi connectivity index (χ4v) is 9.20. The van der Waals surface area contributed by atoms with Crippen LogP contribution < -0.4 is 16.0 Å². The number of likely N-dealkylation sites (tertiary alicyclic amines) is 1. The van der Waals surface area contributed by atoms with E-state index in [1.165, 1.54) is 11.3 Å². The summed E-state index contributed by atoms with van der Waals surface area (Å²) in [6.45, 7) is 13.1. The summed E-state index contributed by atoms with van der Waals surface area (Å²) in [6.07, 6.45) is 5.25. The van der Waals surface area contributed by atoms with Crippen molar-refractivity contribution in [3.8, 4) is 0 Å². The molecule has 2 aliphatic rings. The third kappa shape index (κ3) is 10.5. The van der Waals surface area contributed by atoms with Crippen LogP contribution in [-0.2, 0) is 35.1 Å². The number of imide groups is 1. The first-order valence-electron chi connectivity index (χ1n) is 19.7. The van der Waals surface area contributed by atoms with Crippen molar-refractivity contribution in [1.82, 2.24) is 30.7 Å². The quantitative estimate of drug-likeness (QED) is 0.185. The molecule has 13 heteroatoms. The van der Waals surface area contributed by atoms with Gasteiger partial charge in [0.05, 0.1) is 48.2 Å². The smallest absolute Gasteiger partial charge is 0.246 e. The van der Waals surface area contributed by atoms with Crippen molar-refractivity contribution in [2.24, 2.45) is 17.8 Å². The standard InChI is InChI=1S/C41H64N6O6S/c1-10-27(4)35(46(7)34(26(2)3)38(50)45-40(51)41(6)19-15-20-43-41)32(52-8)25-33(48)47-22-14-18-31(47)36(53-9)28(5)37(49)44-30(39-42-21-23-54-39)24-29-16-12-11-13-17-29/h11-13,16-17,21,23,26-28,30-32,34-36,43H,10,14-15,18-20,22,24-25H2,1-9H3,(H,44,49)(H,45,50,51)/t27-,28+,30-,31-,32+,34-,35-,36+,41-/m0/s1. The highest BCUT2D eigenvalue weighted by molar-refractivity contribution is 7.09. The van der Waals surface area contributed by atoms with E-state index in [1.54, 1.807) is 20.4 Å². The lowest BCUT2D eigenvalue weighted by molar-refractivity contribution is -0.144. The van der Waals surface area contributed by atoms with Crippen LogP contribution in [0.1, 0.15) is 96.7 Å². The predicted octanol–water partition coefficient (Wildman–Crippen LogP) is 4.75. The second-order valence-corrected chi connectivity index (χ2v) is 16.7. The number of thiazole rings is 1. The molecule has 4 rings (SSSR count). The number of hydrogen-bond donors (Lipinski definition) is 3. The average Bonchev–Trinajstić information content (AvgIpc) is 3.95. The van der Waals surface area contributed by atoms with E-state index in [4.69, 9.17) is 9.47 Å². The van der Waals surface area contributed by atoms with Crippen LogP contribution in [0.25, 0.3) is 0 Å². The number of hydrogen-bond acceptors (Lipinski definition) is 10. The first-order chi connectivity index (χ1) is 25.8. The van der Waals surface area contributed by atoms with Gasteiger partial charge in [-0.2, -0.15) is 0 Å². The highest BCUT2D eigenvalue weighted by Crippen LogP contribution is 2.31. The van der Waals surface area contributed by atoms with Crippen molar-refractivity contribution in [3.05, 3.63) is 52.5 Å². The lowest BCUT2D eigenvalue weighted by Gasteiger charge is -2.43. The molecule has 2 aromatic rings. The van der Waals surface area contributed by atoms with Crippen molar-refractivity contribution in [1.29, 1.82) is 0 Å². The van der Waals surface area contributed by atoms with E-state index in [1.807, 2.05) is 80.3 Å². The minimum absolute atomic E-state index is 0.0676. The molecule has 2 aliphatic heterocycles.